The van der Waals surface area contributed by atoms with Crippen LogP contribution in [0.25, 0.3) is 0 Å². The van der Waals surface area contributed by atoms with E-state index in [0.717, 1.165) is 13.8 Å². The summed E-state index contributed by atoms with van der Waals surface area (Å²) in [6.07, 6.45) is -16.0. The minimum atomic E-state index is -1.90. The van der Waals surface area contributed by atoms with Crippen molar-refractivity contribution in [3.63, 3.8) is 0 Å². The van der Waals surface area contributed by atoms with Gasteiger partial charge in [0.2, 0.25) is 47.3 Å². The number of ether oxygens (including phenoxy) is 4. The van der Waals surface area contributed by atoms with E-state index < -0.39 is 189 Å². The van der Waals surface area contributed by atoms with Crippen molar-refractivity contribution in [1.82, 2.24) is 37.2 Å². The van der Waals surface area contributed by atoms with Crippen molar-refractivity contribution in [2.75, 3.05) is 19.8 Å². The van der Waals surface area contributed by atoms with Gasteiger partial charge in [-0.2, -0.15) is 0 Å². The molecule has 30 heteroatoms. The van der Waals surface area contributed by atoms with Gasteiger partial charge in [-0.25, -0.2) is 0 Å². The summed E-state index contributed by atoms with van der Waals surface area (Å²) in [5.74, 6) is -9.61. The molecule has 0 aromatic rings. The van der Waals surface area contributed by atoms with Crippen LogP contribution >= 0.6 is 0 Å². The van der Waals surface area contributed by atoms with Crippen LogP contribution in [0, 0.1) is 0 Å². The highest BCUT2D eigenvalue weighted by Crippen LogP contribution is 2.31. The molecule has 2 rings (SSSR count). The van der Waals surface area contributed by atoms with Crippen molar-refractivity contribution in [3.05, 3.63) is 0 Å². The van der Waals surface area contributed by atoms with Crippen molar-refractivity contribution in [2.45, 2.75) is 171 Å². The van der Waals surface area contributed by atoms with Gasteiger partial charge in [-0.05, 0) is 46.5 Å². The number of aliphatic carboxylic acids is 2. The minimum Gasteiger partial charge on any atom is -0.480 e. The molecule has 70 heavy (non-hydrogen) atoms. The summed E-state index contributed by atoms with van der Waals surface area (Å²) < 4.78 is 23.2. The number of hydrogen-bond donors (Lipinski definition) is 16. The molecule has 0 aromatic carbocycles. The number of rotatable bonds is 28. The van der Waals surface area contributed by atoms with E-state index >= 15 is 0 Å². The smallest absolute Gasteiger partial charge is 0.325 e. The molecule has 0 aliphatic carbocycles. The Morgan fingerprint density at radius 3 is 1.81 bits per heavy atom. The maximum Gasteiger partial charge on any atom is 0.325 e. The molecule has 398 valence electrons. The van der Waals surface area contributed by atoms with Gasteiger partial charge >= 0.3 is 11.9 Å². The Hall–Kier alpha value is -5.70. The second-order valence-electron chi connectivity index (χ2n) is 16.7. The van der Waals surface area contributed by atoms with Crippen LogP contribution in [0.2, 0.25) is 0 Å². The van der Waals surface area contributed by atoms with Gasteiger partial charge in [-0.15, -0.1) is 0 Å². The molecule has 0 bridgehead atoms. The molecule has 0 saturated carbocycles. The van der Waals surface area contributed by atoms with Gasteiger partial charge in [-0.1, -0.05) is 0 Å². The highest BCUT2D eigenvalue weighted by atomic mass is 16.7. The number of carboxylic acid groups (broad SMARTS) is 2. The molecule has 16 atom stereocenters. The normalized spacial score (nSPS) is 26.8. The lowest BCUT2D eigenvalue weighted by atomic mass is 9.94. The molecule has 0 spiro atoms. The van der Waals surface area contributed by atoms with Gasteiger partial charge in [0.15, 0.2) is 12.6 Å². The number of nitrogens with two attached hydrogens (primary N) is 2. The third-order valence-corrected chi connectivity index (χ3v) is 10.9. The SMILES string of the molecule is CC(=O)NC1C(OC2C(CO)OC(O)C(NC(C)=O)C2OC(C)C(=O)NC(C)C(=O)NC(CCC(=O)NC(CCCCNC(=O)CC(N)C(=O)O)C(=O)NC(C)C(=O)O)C(N)=O)OC(CO)C(O)C1O. The topological polar surface area (TPSA) is 485 Å². The van der Waals surface area contributed by atoms with Crippen LogP contribution < -0.4 is 48.7 Å². The second-order valence-corrected chi connectivity index (χ2v) is 16.7. The molecule has 8 amide bonds. The Bertz CT molecular complexity index is 1850. The third kappa shape index (κ3) is 18.9. The lowest BCUT2D eigenvalue weighted by Crippen LogP contribution is -2.70. The molecule has 2 aliphatic heterocycles. The molecule has 2 saturated heterocycles. The van der Waals surface area contributed by atoms with Crippen molar-refractivity contribution < 1.29 is 103 Å². The lowest BCUT2D eigenvalue weighted by Gasteiger charge is -2.48. The molecular weight excluding hydrogens is 942 g/mol. The number of carboxylic acids is 2. The summed E-state index contributed by atoms with van der Waals surface area (Å²) in [6, 6.07) is -10.1. The Morgan fingerprint density at radius 2 is 1.26 bits per heavy atom. The zero-order valence-electron chi connectivity index (χ0n) is 39.1. The Labute approximate surface area is 400 Å². The number of aliphatic hydroxyl groups is 5. The number of carbonyl (C=O) groups excluding carboxylic acids is 8. The number of primary amides is 1. The summed E-state index contributed by atoms with van der Waals surface area (Å²) in [6.45, 7) is 4.06. The largest absolute Gasteiger partial charge is 0.480 e. The Morgan fingerprint density at radius 1 is 0.657 bits per heavy atom. The maximum absolute atomic E-state index is 13.5. The number of unbranched alkanes of at least 4 members (excludes halogenated alkanes) is 1. The van der Waals surface area contributed by atoms with Crippen LogP contribution in [-0.2, 0) is 66.9 Å². The first-order chi connectivity index (χ1) is 32.7. The molecule has 18 N–H and O–H groups in total. The van der Waals surface area contributed by atoms with E-state index in [1.807, 2.05) is 0 Å². The molecule has 30 nitrogen and oxygen atoms in total. The monoisotopic (exact) mass is 1010 g/mol. The van der Waals surface area contributed by atoms with Gasteiger partial charge in [-0.3, -0.25) is 47.9 Å². The van der Waals surface area contributed by atoms with Gasteiger partial charge < -0.3 is 103 Å². The Kier molecular flexibility index (Phi) is 24.9. The predicted octanol–water partition coefficient (Wildman–Crippen LogP) is -8.28. The van der Waals surface area contributed by atoms with Crippen molar-refractivity contribution in [2.24, 2.45) is 11.5 Å². The van der Waals surface area contributed by atoms with Crippen LogP contribution in [0.5, 0.6) is 0 Å². The number of aliphatic hydroxyl groups excluding tert-OH is 5. The van der Waals surface area contributed by atoms with E-state index in [4.69, 9.17) is 35.5 Å². The lowest BCUT2D eigenvalue weighted by molar-refractivity contribution is -0.333. The molecule has 16 unspecified atom stereocenters. The summed E-state index contributed by atoms with van der Waals surface area (Å²) in [5, 5.41) is 86.9. The van der Waals surface area contributed by atoms with E-state index in [2.05, 4.69) is 37.2 Å². The number of hydrogen-bond acceptors (Lipinski definition) is 20. The summed E-state index contributed by atoms with van der Waals surface area (Å²) in [4.78, 5) is 124. The standard InChI is InChI=1S/C40H67N9O21/c1-15(34(59)49-21(33(42)58)9-10-25(54)48-22(36(61)45-16(2)37(62)63)8-6-7-11-43-26(55)12-20(41)38(64)65)44-35(60)17(3)67-32-28(47-19(5)53)39(66)68-24(14-51)31(32)70-40-27(46-18(4)52)30(57)29(56)23(13-50)69-40/h15-17,20-24,27-32,39-40,50-51,56-57,66H,6-14,41H2,1-5H3,(H2,42,58)(H,43,55)(H,44,60)(H,45,61)(H,46,52)(H,47,53)(H,48,54)(H,49,59)(H,62,63)(H,64,65). The maximum atomic E-state index is 13.5. The Balaban J connectivity index is 2.16. The minimum absolute atomic E-state index is 0.0502. The number of amides is 8. The summed E-state index contributed by atoms with van der Waals surface area (Å²) in [5.41, 5.74) is 10.8. The van der Waals surface area contributed by atoms with Crippen molar-refractivity contribution in [1.29, 1.82) is 0 Å². The average molecular weight is 1010 g/mol. The highest BCUT2D eigenvalue weighted by molar-refractivity contribution is 5.93. The fraction of sp³-hybridized carbons (Fsp3) is 0.750. The van der Waals surface area contributed by atoms with Crippen molar-refractivity contribution >= 4 is 59.2 Å². The zero-order valence-corrected chi connectivity index (χ0v) is 39.1. The summed E-state index contributed by atoms with van der Waals surface area (Å²) >= 11 is 0. The quantitative estimate of drug-likeness (QED) is 0.0324. The van der Waals surface area contributed by atoms with Crippen molar-refractivity contribution in [3.8, 4) is 0 Å². The van der Waals surface area contributed by atoms with Gasteiger partial charge in [0.25, 0.3) is 0 Å². The zero-order chi connectivity index (χ0) is 53.2. The first kappa shape index (κ1) is 60.4. The summed E-state index contributed by atoms with van der Waals surface area (Å²) in [7, 11) is 0. The van der Waals surface area contributed by atoms with E-state index in [9.17, 15) is 78.6 Å². The molecule has 2 aliphatic rings. The molecular formula is C40H67N9O21. The first-order valence-electron chi connectivity index (χ1n) is 22.1. The van der Waals surface area contributed by atoms with Crippen LogP contribution in [0.15, 0.2) is 0 Å². The van der Waals surface area contributed by atoms with Gasteiger partial charge in [0.1, 0.15) is 85.0 Å². The predicted molar refractivity (Wildman–Crippen MR) is 232 cm³/mol. The highest BCUT2D eigenvalue weighted by Gasteiger charge is 2.53. The third-order valence-electron chi connectivity index (χ3n) is 10.9. The van der Waals surface area contributed by atoms with Crippen LogP contribution in [0.4, 0.5) is 0 Å². The fourth-order valence-electron chi connectivity index (χ4n) is 7.05. The first-order valence-corrected chi connectivity index (χ1v) is 22.1. The average Bonchev–Trinajstić information content (AvgIpc) is 3.27. The van der Waals surface area contributed by atoms with Crippen LogP contribution in [-0.4, -0.2) is 212 Å². The molecule has 0 radical (unpaired) electrons. The van der Waals surface area contributed by atoms with Crippen LogP contribution in [0.1, 0.15) is 73.1 Å². The van der Waals surface area contributed by atoms with E-state index in [1.165, 1.54) is 20.8 Å². The number of carbonyl (C=O) groups is 10. The number of nitrogens with one attached hydrogen (secondary N) is 7. The fourth-order valence-corrected chi connectivity index (χ4v) is 7.05. The molecule has 0 aromatic heterocycles. The molecule has 2 fully saturated rings. The van der Waals surface area contributed by atoms with Crippen LogP contribution in [0.3, 0.4) is 0 Å². The van der Waals surface area contributed by atoms with Gasteiger partial charge in [0, 0.05) is 26.8 Å². The van der Waals surface area contributed by atoms with E-state index in [1.54, 1.807) is 0 Å². The van der Waals surface area contributed by atoms with E-state index in [0.29, 0.717) is 0 Å². The van der Waals surface area contributed by atoms with Gasteiger partial charge in [0.05, 0.1) is 19.6 Å². The van der Waals surface area contributed by atoms with E-state index in [-0.39, 0.29) is 25.8 Å². The molecule has 2 heterocycles. The second kappa shape index (κ2) is 28.8.